The molecule has 1 aliphatic heterocycles. The van der Waals surface area contributed by atoms with Crippen molar-refractivity contribution in [1.29, 1.82) is 5.26 Å². The summed E-state index contributed by atoms with van der Waals surface area (Å²) in [6.07, 6.45) is 5.95. The number of carbonyl (C=O) groups excluding carboxylic acids is 1. The largest absolute Gasteiger partial charge is 0.367 e. The summed E-state index contributed by atoms with van der Waals surface area (Å²) in [5.41, 5.74) is 1.48. The number of thioether (sulfide) groups is 1. The van der Waals surface area contributed by atoms with Gasteiger partial charge in [-0.05, 0) is 48.6 Å². The van der Waals surface area contributed by atoms with E-state index in [4.69, 9.17) is 12.2 Å². The van der Waals surface area contributed by atoms with Gasteiger partial charge in [-0.3, -0.25) is 19.1 Å². The van der Waals surface area contributed by atoms with Crippen molar-refractivity contribution in [1.82, 2.24) is 9.47 Å². The summed E-state index contributed by atoms with van der Waals surface area (Å²) in [4.78, 5) is 28.3. The Labute approximate surface area is 221 Å². The fourth-order valence-corrected chi connectivity index (χ4v) is 5.45. The van der Waals surface area contributed by atoms with E-state index >= 15 is 0 Å². The molecule has 36 heavy (non-hydrogen) atoms. The van der Waals surface area contributed by atoms with Gasteiger partial charge in [-0.15, -0.1) is 0 Å². The lowest BCUT2D eigenvalue weighted by molar-refractivity contribution is -0.122. The summed E-state index contributed by atoms with van der Waals surface area (Å²) >= 11 is 6.79. The van der Waals surface area contributed by atoms with Crippen molar-refractivity contribution in [2.45, 2.75) is 53.0 Å². The van der Waals surface area contributed by atoms with Gasteiger partial charge in [0.05, 0.1) is 4.91 Å². The fraction of sp³-hybridized carbons (Fsp3) is 0.407. The summed E-state index contributed by atoms with van der Waals surface area (Å²) in [5.74, 6) is 0.365. The van der Waals surface area contributed by atoms with E-state index in [9.17, 15) is 19.2 Å². The smallest absolute Gasteiger partial charge is 0.270 e. The minimum atomic E-state index is -0.428. The molecule has 2 heterocycles. The summed E-state index contributed by atoms with van der Waals surface area (Å²) in [6, 6.07) is 8.06. The molecule has 0 spiro atoms. The van der Waals surface area contributed by atoms with Crippen molar-refractivity contribution in [3.8, 4) is 6.07 Å². The maximum atomic E-state index is 13.3. The van der Waals surface area contributed by atoms with Gasteiger partial charge < -0.3 is 5.32 Å². The molecule has 0 radical (unpaired) electrons. The highest BCUT2D eigenvalue weighted by Crippen LogP contribution is 2.36. The van der Waals surface area contributed by atoms with E-state index in [1.165, 1.54) is 28.5 Å². The standard InChI is InChI=1S/C27H31FN4O2S2/c1-5-7-8-18(6-2)16-32-26(34)23(36-27(32)35)13-21-17(3)22(14-29)25(33)31(4)24(21)30-15-19-9-11-20(28)12-10-19/h9-13,18,30H,5-8,15-16H2,1-4H3/b23-13+. The Balaban J connectivity index is 1.98. The number of rotatable bonds is 10. The number of anilines is 1. The molecule has 2 aromatic rings. The lowest BCUT2D eigenvalue weighted by Gasteiger charge is -2.22. The van der Waals surface area contributed by atoms with Gasteiger partial charge in [-0.1, -0.05) is 69.2 Å². The molecule has 190 valence electrons. The number of nitrogens with one attached hydrogen (secondary N) is 1. The average Bonchev–Trinajstić information content (AvgIpc) is 3.13. The van der Waals surface area contributed by atoms with E-state index in [-0.39, 0.29) is 17.3 Å². The predicted octanol–water partition coefficient (Wildman–Crippen LogP) is 5.73. The first-order chi connectivity index (χ1) is 17.2. The summed E-state index contributed by atoms with van der Waals surface area (Å²) < 4.78 is 15.2. The van der Waals surface area contributed by atoms with E-state index in [0.29, 0.717) is 45.2 Å². The number of aromatic nitrogens is 1. The highest BCUT2D eigenvalue weighted by Gasteiger charge is 2.34. The van der Waals surface area contributed by atoms with Crippen LogP contribution >= 0.6 is 24.0 Å². The maximum Gasteiger partial charge on any atom is 0.270 e. The second kappa shape index (κ2) is 12.3. The molecule has 1 aromatic heterocycles. The molecule has 0 bridgehead atoms. The number of thiocarbonyl (C=S) groups is 1. The van der Waals surface area contributed by atoms with Crippen LogP contribution in [0.5, 0.6) is 0 Å². The quantitative estimate of drug-likeness (QED) is 0.315. The Kier molecular flexibility index (Phi) is 9.46. The van der Waals surface area contributed by atoms with E-state index in [0.717, 1.165) is 31.2 Å². The average molecular weight is 527 g/mol. The minimum Gasteiger partial charge on any atom is -0.367 e. The topological polar surface area (TPSA) is 78.1 Å². The van der Waals surface area contributed by atoms with Gasteiger partial charge in [-0.2, -0.15) is 5.26 Å². The number of halogens is 1. The molecule has 9 heteroatoms. The number of amides is 1. The van der Waals surface area contributed by atoms with E-state index in [2.05, 4.69) is 19.2 Å². The number of nitriles is 1. The maximum absolute atomic E-state index is 13.3. The number of hydrogen-bond donors (Lipinski definition) is 1. The zero-order valence-corrected chi connectivity index (χ0v) is 22.7. The number of benzene rings is 1. The Morgan fingerprint density at radius 3 is 2.56 bits per heavy atom. The van der Waals surface area contributed by atoms with Gasteiger partial charge in [-0.25, -0.2) is 4.39 Å². The normalized spacial score (nSPS) is 15.4. The van der Waals surface area contributed by atoms with Crippen LogP contribution in [0.25, 0.3) is 6.08 Å². The molecule has 1 aromatic carbocycles. The minimum absolute atomic E-state index is 0.0252. The molecular weight excluding hydrogens is 495 g/mol. The second-order valence-electron chi connectivity index (χ2n) is 8.93. The van der Waals surface area contributed by atoms with Crippen molar-refractivity contribution in [3.05, 3.63) is 67.6 Å². The molecular formula is C27H31FN4O2S2. The third-order valence-electron chi connectivity index (χ3n) is 6.51. The predicted molar refractivity (Wildman–Crippen MR) is 148 cm³/mol. The molecule has 6 nitrogen and oxygen atoms in total. The van der Waals surface area contributed by atoms with Crippen LogP contribution in [0, 0.1) is 30.0 Å². The lowest BCUT2D eigenvalue weighted by atomic mass is 9.99. The van der Waals surface area contributed by atoms with Gasteiger partial charge in [0.1, 0.15) is 27.6 Å². The molecule has 1 saturated heterocycles. The first-order valence-corrected chi connectivity index (χ1v) is 13.3. The molecule has 3 rings (SSSR count). The van der Waals surface area contributed by atoms with Crippen molar-refractivity contribution in [2.24, 2.45) is 13.0 Å². The fourth-order valence-electron chi connectivity index (χ4n) is 4.20. The Morgan fingerprint density at radius 2 is 1.94 bits per heavy atom. The van der Waals surface area contributed by atoms with Crippen LogP contribution in [-0.2, 0) is 18.4 Å². The van der Waals surface area contributed by atoms with Gasteiger partial charge >= 0.3 is 0 Å². The third-order valence-corrected chi connectivity index (χ3v) is 7.88. The van der Waals surface area contributed by atoms with Gasteiger partial charge in [0.25, 0.3) is 11.5 Å². The molecule has 1 fully saturated rings. The summed E-state index contributed by atoms with van der Waals surface area (Å²) in [7, 11) is 1.58. The van der Waals surface area contributed by atoms with Crippen molar-refractivity contribution in [2.75, 3.05) is 11.9 Å². The molecule has 1 aliphatic rings. The number of nitrogens with zero attached hydrogens (tertiary/aromatic N) is 3. The zero-order valence-electron chi connectivity index (χ0n) is 21.1. The van der Waals surface area contributed by atoms with E-state index in [1.54, 1.807) is 37.1 Å². The van der Waals surface area contributed by atoms with Gasteiger partial charge in [0.2, 0.25) is 0 Å². The highest BCUT2D eigenvalue weighted by molar-refractivity contribution is 8.26. The third kappa shape index (κ3) is 6.05. The first kappa shape index (κ1) is 27.6. The Hall–Kier alpha value is -2.96. The molecule has 1 N–H and O–H groups in total. The highest BCUT2D eigenvalue weighted by atomic mass is 32.2. The van der Waals surface area contributed by atoms with Crippen molar-refractivity contribution >= 4 is 46.1 Å². The van der Waals surface area contributed by atoms with Crippen LogP contribution < -0.4 is 10.9 Å². The first-order valence-electron chi connectivity index (χ1n) is 12.1. The summed E-state index contributed by atoms with van der Waals surface area (Å²) in [5, 5.41) is 12.9. The van der Waals surface area contributed by atoms with Crippen LogP contribution in [-0.4, -0.2) is 26.2 Å². The van der Waals surface area contributed by atoms with Crippen LogP contribution in [0.15, 0.2) is 34.0 Å². The van der Waals surface area contributed by atoms with Crippen LogP contribution in [0.3, 0.4) is 0 Å². The number of pyridine rings is 1. The molecule has 1 unspecified atom stereocenters. The zero-order chi connectivity index (χ0) is 26.4. The summed E-state index contributed by atoms with van der Waals surface area (Å²) in [6.45, 7) is 6.90. The Morgan fingerprint density at radius 1 is 1.25 bits per heavy atom. The number of hydrogen-bond acceptors (Lipinski definition) is 6. The van der Waals surface area contributed by atoms with E-state index in [1.807, 2.05) is 6.07 Å². The van der Waals surface area contributed by atoms with Gasteiger partial charge in [0.15, 0.2) is 0 Å². The second-order valence-corrected chi connectivity index (χ2v) is 10.6. The van der Waals surface area contributed by atoms with E-state index < -0.39 is 5.56 Å². The van der Waals surface area contributed by atoms with Crippen LogP contribution in [0.2, 0.25) is 0 Å². The molecule has 0 saturated carbocycles. The Bertz CT molecular complexity index is 1280. The molecule has 1 atom stereocenters. The van der Waals surface area contributed by atoms with Crippen molar-refractivity contribution in [3.63, 3.8) is 0 Å². The SMILES string of the molecule is CCCCC(CC)CN1C(=O)/C(=C\c2c(C)c(C#N)c(=O)n(C)c2NCc2ccc(F)cc2)SC1=S. The monoisotopic (exact) mass is 526 g/mol. The van der Waals surface area contributed by atoms with Crippen LogP contribution in [0.1, 0.15) is 61.8 Å². The number of carbonyl (C=O) groups is 1. The van der Waals surface area contributed by atoms with Gasteiger partial charge in [0, 0.05) is 25.7 Å². The van der Waals surface area contributed by atoms with Crippen molar-refractivity contribution < 1.29 is 9.18 Å². The molecule has 1 amide bonds. The molecule has 0 aliphatic carbocycles. The van der Waals surface area contributed by atoms with Crippen LogP contribution in [0.4, 0.5) is 10.2 Å². The lowest BCUT2D eigenvalue weighted by Crippen LogP contribution is -2.33. The number of unbranched alkanes of at least 4 members (excludes halogenated alkanes) is 1.